The molecule has 2 aromatic rings. The van der Waals surface area contributed by atoms with E-state index in [0.717, 1.165) is 30.0 Å². The molecule has 0 aromatic carbocycles. The molecular formula is C15H20ClN3O2. The first kappa shape index (κ1) is 15.8. The second kappa shape index (κ2) is 6.91. The summed E-state index contributed by atoms with van der Waals surface area (Å²) in [6.45, 7) is 6.79. The highest BCUT2D eigenvalue weighted by molar-refractivity contribution is 6.31. The van der Waals surface area contributed by atoms with E-state index in [-0.39, 0.29) is 6.61 Å². The van der Waals surface area contributed by atoms with Gasteiger partial charge in [-0.15, -0.1) is 0 Å². The minimum absolute atomic E-state index is 0.155. The molecule has 0 amide bonds. The molecule has 0 spiro atoms. The molecule has 0 aliphatic carbocycles. The fourth-order valence-corrected chi connectivity index (χ4v) is 2.47. The molecule has 0 aliphatic rings. The van der Waals surface area contributed by atoms with Crippen molar-refractivity contribution in [2.75, 3.05) is 0 Å². The minimum Gasteiger partial charge on any atom is -0.485 e. The lowest BCUT2D eigenvalue weighted by Crippen LogP contribution is -2.08. The molecule has 0 saturated carbocycles. The van der Waals surface area contributed by atoms with Crippen LogP contribution in [0.1, 0.15) is 36.6 Å². The van der Waals surface area contributed by atoms with Gasteiger partial charge in [-0.25, -0.2) is 0 Å². The van der Waals surface area contributed by atoms with Crippen molar-refractivity contribution in [1.82, 2.24) is 14.8 Å². The first-order valence-electron chi connectivity index (χ1n) is 7.04. The third-order valence-corrected chi connectivity index (χ3v) is 3.72. The topological polar surface area (TPSA) is 60.2 Å². The fourth-order valence-electron chi connectivity index (χ4n) is 2.14. The van der Waals surface area contributed by atoms with Crippen LogP contribution in [-0.2, 0) is 26.2 Å². The Kier molecular flexibility index (Phi) is 5.20. The SMILES string of the molecule is CCc1nn(CC)c(COc2ccc(C)nc2CO)c1Cl. The Morgan fingerprint density at radius 2 is 2.05 bits per heavy atom. The van der Waals surface area contributed by atoms with Crippen molar-refractivity contribution >= 4 is 11.6 Å². The van der Waals surface area contributed by atoms with Gasteiger partial charge >= 0.3 is 0 Å². The Labute approximate surface area is 129 Å². The van der Waals surface area contributed by atoms with Crippen LogP contribution in [0.25, 0.3) is 0 Å². The fraction of sp³-hybridized carbons (Fsp3) is 0.467. The first-order valence-corrected chi connectivity index (χ1v) is 7.42. The molecule has 2 aromatic heterocycles. The van der Waals surface area contributed by atoms with Crippen LogP contribution in [0.5, 0.6) is 5.75 Å². The Balaban J connectivity index is 2.22. The van der Waals surface area contributed by atoms with Crippen molar-refractivity contribution in [1.29, 1.82) is 0 Å². The van der Waals surface area contributed by atoms with Gasteiger partial charge in [0, 0.05) is 12.2 Å². The van der Waals surface area contributed by atoms with Gasteiger partial charge in [-0.2, -0.15) is 5.10 Å². The number of rotatable bonds is 6. The van der Waals surface area contributed by atoms with E-state index in [2.05, 4.69) is 10.1 Å². The lowest BCUT2D eigenvalue weighted by molar-refractivity contribution is 0.249. The zero-order chi connectivity index (χ0) is 15.4. The van der Waals surface area contributed by atoms with Gasteiger partial charge in [-0.05, 0) is 32.4 Å². The van der Waals surface area contributed by atoms with Gasteiger partial charge in [-0.1, -0.05) is 18.5 Å². The number of ether oxygens (including phenoxy) is 1. The summed E-state index contributed by atoms with van der Waals surface area (Å²) in [5, 5.41) is 14.5. The lowest BCUT2D eigenvalue weighted by atomic mass is 10.3. The largest absolute Gasteiger partial charge is 0.485 e. The Hall–Kier alpha value is -1.59. The van der Waals surface area contributed by atoms with Crippen molar-refractivity contribution in [3.05, 3.63) is 39.9 Å². The molecule has 2 heterocycles. The van der Waals surface area contributed by atoms with Crippen LogP contribution in [0, 0.1) is 6.92 Å². The molecule has 0 radical (unpaired) electrons. The zero-order valence-electron chi connectivity index (χ0n) is 12.6. The molecule has 0 atom stereocenters. The van der Waals surface area contributed by atoms with Crippen molar-refractivity contribution in [2.24, 2.45) is 0 Å². The summed E-state index contributed by atoms with van der Waals surface area (Å²) in [6.07, 6.45) is 0.785. The van der Waals surface area contributed by atoms with Gasteiger partial charge in [0.1, 0.15) is 18.1 Å². The average molecular weight is 310 g/mol. The van der Waals surface area contributed by atoms with E-state index in [1.54, 1.807) is 0 Å². The minimum atomic E-state index is -0.155. The van der Waals surface area contributed by atoms with E-state index in [1.165, 1.54) is 0 Å². The maximum Gasteiger partial charge on any atom is 0.143 e. The number of aliphatic hydroxyl groups is 1. The van der Waals surface area contributed by atoms with Gasteiger partial charge in [0.25, 0.3) is 0 Å². The molecule has 0 fully saturated rings. The number of hydrogen-bond donors (Lipinski definition) is 1. The second-order valence-corrected chi connectivity index (χ2v) is 5.10. The van der Waals surface area contributed by atoms with Crippen molar-refractivity contribution in [2.45, 2.75) is 47.0 Å². The summed E-state index contributed by atoms with van der Waals surface area (Å²) in [4.78, 5) is 4.26. The monoisotopic (exact) mass is 309 g/mol. The van der Waals surface area contributed by atoms with Crippen LogP contribution in [-0.4, -0.2) is 19.9 Å². The van der Waals surface area contributed by atoms with Gasteiger partial charge in [-0.3, -0.25) is 9.67 Å². The number of aromatic nitrogens is 3. The molecular weight excluding hydrogens is 290 g/mol. The van der Waals surface area contributed by atoms with Gasteiger partial charge in [0.2, 0.25) is 0 Å². The predicted octanol–water partition coefficient (Wildman–Crippen LogP) is 2.89. The molecule has 21 heavy (non-hydrogen) atoms. The molecule has 2 rings (SSSR count). The summed E-state index contributed by atoms with van der Waals surface area (Å²) in [7, 11) is 0. The number of nitrogens with zero attached hydrogens (tertiary/aromatic N) is 3. The standard InChI is InChI=1S/C15H20ClN3O2/c1-4-11-15(16)13(19(5-2)18-11)9-21-14-7-6-10(3)17-12(14)8-20/h6-7,20H,4-5,8-9H2,1-3H3. The molecule has 0 saturated heterocycles. The number of pyridine rings is 1. The Bertz CT molecular complexity index is 626. The van der Waals surface area contributed by atoms with E-state index in [9.17, 15) is 5.11 Å². The van der Waals surface area contributed by atoms with Crippen LogP contribution >= 0.6 is 11.6 Å². The third-order valence-electron chi connectivity index (χ3n) is 3.28. The van der Waals surface area contributed by atoms with Crippen LogP contribution in [0.4, 0.5) is 0 Å². The zero-order valence-corrected chi connectivity index (χ0v) is 13.3. The summed E-state index contributed by atoms with van der Waals surface area (Å²) in [6, 6.07) is 3.67. The predicted molar refractivity (Wildman–Crippen MR) is 81.5 cm³/mol. The highest BCUT2D eigenvalue weighted by atomic mass is 35.5. The van der Waals surface area contributed by atoms with Crippen molar-refractivity contribution in [3.8, 4) is 5.75 Å². The van der Waals surface area contributed by atoms with Crippen LogP contribution in [0.2, 0.25) is 5.02 Å². The van der Waals surface area contributed by atoms with Crippen LogP contribution < -0.4 is 4.74 Å². The second-order valence-electron chi connectivity index (χ2n) is 4.72. The van der Waals surface area contributed by atoms with Crippen LogP contribution in [0.15, 0.2) is 12.1 Å². The maximum atomic E-state index is 9.35. The van der Waals surface area contributed by atoms with Gasteiger partial charge < -0.3 is 9.84 Å². The lowest BCUT2D eigenvalue weighted by Gasteiger charge is -2.11. The van der Waals surface area contributed by atoms with Gasteiger partial charge in [0.05, 0.1) is 23.0 Å². The normalized spacial score (nSPS) is 10.9. The Morgan fingerprint density at radius 1 is 1.29 bits per heavy atom. The third kappa shape index (κ3) is 3.36. The van der Waals surface area contributed by atoms with E-state index in [1.807, 2.05) is 37.6 Å². The van der Waals surface area contributed by atoms with E-state index in [0.29, 0.717) is 23.1 Å². The maximum absolute atomic E-state index is 9.35. The molecule has 0 unspecified atom stereocenters. The number of aryl methyl sites for hydroxylation is 3. The molecule has 1 N–H and O–H groups in total. The van der Waals surface area contributed by atoms with E-state index < -0.39 is 0 Å². The Morgan fingerprint density at radius 3 is 2.67 bits per heavy atom. The van der Waals surface area contributed by atoms with Crippen LogP contribution in [0.3, 0.4) is 0 Å². The quantitative estimate of drug-likeness (QED) is 0.891. The summed E-state index contributed by atoms with van der Waals surface area (Å²) in [5.41, 5.74) is 3.10. The van der Waals surface area contributed by atoms with Crippen molar-refractivity contribution in [3.63, 3.8) is 0 Å². The smallest absolute Gasteiger partial charge is 0.143 e. The summed E-state index contributed by atoms with van der Waals surface area (Å²) in [5.74, 6) is 0.570. The highest BCUT2D eigenvalue weighted by Crippen LogP contribution is 2.24. The van der Waals surface area contributed by atoms with E-state index >= 15 is 0 Å². The van der Waals surface area contributed by atoms with Crippen molar-refractivity contribution < 1.29 is 9.84 Å². The molecule has 0 aliphatic heterocycles. The molecule has 114 valence electrons. The van der Waals surface area contributed by atoms with Gasteiger partial charge in [0.15, 0.2) is 0 Å². The molecule has 5 nitrogen and oxygen atoms in total. The molecule has 6 heteroatoms. The average Bonchev–Trinajstić information content (AvgIpc) is 2.81. The number of hydrogen-bond acceptors (Lipinski definition) is 4. The number of aliphatic hydroxyl groups excluding tert-OH is 1. The first-order chi connectivity index (χ1) is 10.1. The summed E-state index contributed by atoms with van der Waals surface area (Å²) >= 11 is 6.35. The molecule has 0 bridgehead atoms. The number of halogens is 1. The summed E-state index contributed by atoms with van der Waals surface area (Å²) < 4.78 is 7.63. The highest BCUT2D eigenvalue weighted by Gasteiger charge is 2.15. The van der Waals surface area contributed by atoms with E-state index in [4.69, 9.17) is 16.3 Å².